The van der Waals surface area contributed by atoms with Gasteiger partial charge in [0.1, 0.15) is 23.4 Å². The Morgan fingerprint density at radius 2 is 2.10 bits per heavy atom. The first kappa shape index (κ1) is 14.2. The molecule has 1 N–H and O–H groups in total. The summed E-state index contributed by atoms with van der Waals surface area (Å²) in [4.78, 5) is 0. The van der Waals surface area contributed by atoms with Crippen molar-refractivity contribution in [2.75, 3.05) is 7.11 Å². The maximum atomic E-state index is 13.5. The second kappa shape index (κ2) is 5.54. The second-order valence-electron chi connectivity index (χ2n) is 4.96. The quantitative estimate of drug-likeness (QED) is 0.910. The Morgan fingerprint density at radius 1 is 1.29 bits per heavy atom. The molecule has 0 saturated carbocycles. The van der Waals surface area contributed by atoms with Crippen LogP contribution in [0.25, 0.3) is 0 Å². The van der Waals surface area contributed by atoms with Gasteiger partial charge in [0.05, 0.1) is 13.2 Å². The van der Waals surface area contributed by atoms with Crippen LogP contribution in [-0.2, 0) is 0 Å². The largest absolute Gasteiger partial charge is 0.497 e. The van der Waals surface area contributed by atoms with Gasteiger partial charge in [0.2, 0.25) is 0 Å². The van der Waals surface area contributed by atoms with E-state index in [9.17, 15) is 9.50 Å². The van der Waals surface area contributed by atoms with E-state index in [1.165, 1.54) is 12.1 Å². The fourth-order valence-corrected chi connectivity index (χ4v) is 2.75. The summed E-state index contributed by atoms with van der Waals surface area (Å²) in [5.74, 6) is 0.754. The Kier molecular flexibility index (Phi) is 3.74. The molecule has 3 rings (SSSR count). The average molecular weight is 309 g/mol. The van der Waals surface area contributed by atoms with Crippen molar-refractivity contribution in [1.29, 1.82) is 0 Å². The van der Waals surface area contributed by atoms with E-state index >= 15 is 0 Å². The lowest BCUT2D eigenvalue weighted by Gasteiger charge is -2.30. The molecule has 3 nitrogen and oxygen atoms in total. The first-order valence-electron chi connectivity index (χ1n) is 6.55. The fourth-order valence-electron chi connectivity index (χ4n) is 2.52. The summed E-state index contributed by atoms with van der Waals surface area (Å²) in [5.41, 5.74) is 1.31. The van der Waals surface area contributed by atoms with Crippen LogP contribution >= 0.6 is 11.6 Å². The molecule has 21 heavy (non-hydrogen) atoms. The first-order chi connectivity index (χ1) is 10.1. The maximum absolute atomic E-state index is 13.5. The minimum absolute atomic E-state index is 0.305. The van der Waals surface area contributed by atoms with E-state index < -0.39 is 18.0 Å². The van der Waals surface area contributed by atoms with Crippen LogP contribution in [0.15, 0.2) is 36.4 Å². The molecule has 0 bridgehead atoms. The highest BCUT2D eigenvalue weighted by Gasteiger charge is 2.28. The SMILES string of the molecule is COc1ccc2c(c1)OC(c1cc(F)cc(Cl)c1)C[C@H]2O. The third-order valence-corrected chi connectivity index (χ3v) is 3.76. The highest BCUT2D eigenvalue weighted by molar-refractivity contribution is 6.30. The number of benzene rings is 2. The van der Waals surface area contributed by atoms with Crippen LogP contribution in [0.5, 0.6) is 11.5 Å². The Hall–Kier alpha value is -1.78. The van der Waals surface area contributed by atoms with E-state index in [1.807, 2.05) is 0 Å². The van der Waals surface area contributed by atoms with Gasteiger partial charge in [-0.15, -0.1) is 0 Å². The number of aliphatic hydroxyl groups excluding tert-OH is 1. The van der Waals surface area contributed by atoms with Crippen molar-refractivity contribution in [3.05, 3.63) is 58.4 Å². The lowest BCUT2D eigenvalue weighted by atomic mass is 9.95. The molecule has 0 fully saturated rings. The molecule has 110 valence electrons. The molecule has 0 saturated heterocycles. The van der Waals surface area contributed by atoms with E-state index in [1.54, 1.807) is 31.4 Å². The van der Waals surface area contributed by atoms with E-state index in [0.717, 1.165) is 0 Å². The molecule has 0 radical (unpaired) electrons. The van der Waals surface area contributed by atoms with Crippen molar-refractivity contribution in [3.63, 3.8) is 0 Å². The summed E-state index contributed by atoms with van der Waals surface area (Å²) in [6.45, 7) is 0. The molecule has 2 atom stereocenters. The summed E-state index contributed by atoms with van der Waals surface area (Å²) in [6.07, 6.45) is -0.779. The average Bonchev–Trinajstić information content (AvgIpc) is 2.45. The lowest BCUT2D eigenvalue weighted by molar-refractivity contribution is 0.0653. The van der Waals surface area contributed by atoms with E-state index in [-0.39, 0.29) is 0 Å². The van der Waals surface area contributed by atoms with Crippen LogP contribution in [0.1, 0.15) is 29.8 Å². The smallest absolute Gasteiger partial charge is 0.129 e. The van der Waals surface area contributed by atoms with Crippen LogP contribution < -0.4 is 9.47 Å². The van der Waals surface area contributed by atoms with Gasteiger partial charge >= 0.3 is 0 Å². The van der Waals surface area contributed by atoms with Gasteiger partial charge < -0.3 is 14.6 Å². The minimum atomic E-state index is -0.674. The molecule has 2 aromatic rings. The molecule has 1 aliphatic rings. The van der Waals surface area contributed by atoms with Crippen molar-refractivity contribution >= 4 is 11.6 Å². The molecule has 5 heteroatoms. The molecular weight excluding hydrogens is 295 g/mol. The summed E-state index contributed by atoms with van der Waals surface area (Å²) in [5, 5.41) is 10.6. The number of hydrogen-bond acceptors (Lipinski definition) is 3. The Bertz CT molecular complexity index is 654. The number of ether oxygens (including phenoxy) is 2. The number of aliphatic hydroxyl groups is 1. The van der Waals surface area contributed by atoms with Gasteiger partial charge in [0.25, 0.3) is 0 Å². The highest BCUT2D eigenvalue weighted by atomic mass is 35.5. The number of fused-ring (bicyclic) bond motifs is 1. The van der Waals surface area contributed by atoms with Gasteiger partial charge in [-0.1, -0.05) is 11.6 Å². The molecule has 1 heterocycles. The first-order valence-corrected chi connectivity index (χ1v) is 6.93. The monoisotopic (exact) mass is 308 g/mol. The maximum Gasteiger partial charge on any atom is 0.129 e. The molecule has 0 aliphatic carbocycles. The molecule has 0 amide bonds. The predicted octanol–water partition coefficient (Wildman–Crippen LogP) is 4.04. The summed E-state index contributed by atoms with van der Waals surface area (Å²) in [6, 6.07) is 9.51. The Morgan fingerprint density at radius 3 is 2.81 bits per heavy atom. The molecule has 1 unspecified atom stereocenters. The summed E-state index contributed by atoms with van der Waals surface area (Å²) < 4.78 is 24.5. The number of rotatable bonds is 2. The Balaban J connectivity index is 1.96. The van der Waals surface area contributed by atoms with Gasteiger partial charge in [-0.2, -0.15) is 0 Å². The van der Waals surface area contributed by atoms with E-state index in [0.29, 0.717) is 34.1 Å². The highest BCUT2D eigenvalue weighted by Crippen LogP contribution is 2.42. The van der Waals surface area contributed by atoms with Gasteiger partial charge in [-0.05, 0) is 35.9 Å². The third-order valence-electron chi connectivity index (χ3n) is 3.54. The topological polar surface area (TPSA) is 38.7 Å². The Labute approximate surface area is 126 Å². The lowest BCUT2D eigenvalue weighted by Crippen LogP contribution is -2.19. The zero-order valence-corrected chi connectivity index (χ0v) is 12.1. The summed E-state index contributed by atoms with van der Waals surface area (Å²) >= 11 is 5.88. The molecule has 0 aromatic heterocycles. The number of hydrogen-bond donors (Lipinski definition) is 1. The van der Waals surface area contributed by atoms with Crippen LogP contribution in [0.3, 0.4) is 0 Å². The third kappa shape index (κ3) is 2.82. The van der Waals surface area contributed by atoms with Gasteiger partial charge in [0.15, 0.2) is 0 Å². The minimum Gasteiger partial charge on any atom is -0.497 e. The normalized spacial score (nSPS) is 20.6. The summed E-state index contributed by atoms with van der Waals surface area (Å²) in [7, 11) is 1.56. The van der Waals surface area contributed by atoms with Crippen molar-refractivity contribution < 1.29 is 19.0 Å². The predicted molar refractivity (Wildman–Crippen MR) is 77.3 cm³/mol. The fraction of sp³-hybridized carbons (Fsp3) is 0.250. The number of methoxy groups -OCH3 is 1. The van der Waals surface area contributed by atoms with Crippen molar-refractivity contribution in [1.82, 2.24) is 0 Å². The zero-order chi connectivity index (χ0) is 15.0. The van der Waals surface area contributed by atoms with Gasteiger partial charge in [-0.25, -0.2) is 4.39 Å². The second-order valence-corrected chi connectivity index (χ2v) is 5.40. The zero-order valence-electron chi connectivity index (χ0n) is 11.3. The van der Waals surface area contributed by atoms with Crippen molar-refractivity contribution in [2.24, 2.45) is 0 Å². The molecule has 1 aliphatic heterocycles. The number of halogens is 2. The van der Waals surface area contributed by atoms with E-state index in [4.69, 9.17) is 21.1 Å². The molecule has 2 aromatic carbocycles. The van der Waals surface area contributed by atoms with Gasteiger partial charge in [-0.3, -0.25) is 0 Å². The van der Waals surface area contributed by atoms with Crippen molar-refractivity contribution in [3.8, 4) is 11.5 Å². The van der Waals surface area contributed by atoms with Crippen LogP contribution in [0, 0.1) is 5.82 Å². The van der Waals surface area contributed by atoms with Crippen molar-refractivity contribution in [2.45, 2.75) is 18.6 Å². The molecular formula is C16H14ClFO3. The van der Waals surface area contributed by atoms with E-state index in [2.05, 4.69) is 0 Å². The van der Waals surface area contributed by atoms with Gasteiger partial charge in [0, 0.05) is 23.1 Å². The van der Waals surface area contributed by atoms with Crippen LogP contribution in [-0.4, -0.2) is 12.2 Å². The van der Waals surface area contributed by atoms with Crippen LogP contribution in [0.4, 0.5) is 4.39 Å². The molecule has 0 spiro atoms. The van der Waals surface area contributed by atoms with Crippen LogP contribution in [0.2, 0.25) is 5.02 Å². The standard InChI is InChI=1S/C16H14ClFO3/c1-20-12-2-3-13-14(19)8-15(21-16(13)7-12)9-4-10(17)6-11(18)5-9/h2-7,14-15,19H,8H2,1H3/t14-,15?/m1/s1.